The molecule has 1 aromatic carbocycles. The van der Waals surface area contributed by atoms with Gasteiger partial charge in [-0.3, -0.25) is 9.59 Å². The highest BCUT2D eigenvalue weighted by Crippen LogP contribution is 2.39. The summed E-state index contributed by atoms with van der Waals surface area (Å²) in [6.07, 6.45) is 1.71. The number of ether oxygens (including phenoxy) is 2. The molecule has 134 valence electrons. The fourth-order valence-electron chi connectivity index (χ4n) is 2.05. The van der Waals surface area contributed by atoms with Gasteiger partial charge in [0.1, 0.15) is 0 Å². The zero-order chi connectivity index (χ0) is 18.6. The van der Waals surface area contributed by atoms with Crippen LogP contribution in [0.3, 0.4) is 0 Å². The first-order valence-electron chi connectivity index (χ1n) is 7.73. The number of nitrogens with one attached hydrogen (secondary N) is 1. The van der Waals surface area contributed by atoms with Gasteiger partial charge in [-0.05, 0) is 72.2 Å². The molecule has 1 heterocycles. The van der Waals surface area contributed by atoms with Gasteiger partial charge in [0, 0.05) is 6.92 Å². The van der Waals surface area contributed by atoms with Crippen molar-refractivity contribution in [1.29, 1.82) is 0 Å². The van der Waals surface area contributed by atoms with Crippen molar-refractivity contribution < 1.29 is 19.1 Å². The molecule has 0 spiro atoms. The van der Waals surface area contributed by atoms with Crippen LogP contribution in [0.2, 0.25) is 0 Å². The number of rotatable bonds is 5. The third-order valence-electron chi connectivity index (χ3n) is 2.89. The van der Waals surface area contributed by atoms with Crippen molar-refractivity contribution >= 4 is 50.7 Å². The minimum atomic E-state index is -0.384. The van der Waals surface area contributed by atoms with Gasteiger partial charge in [0.25, 0.3) is 5.91 Å². The number of nitrogens with zero attached hydrogens (tertiary/aromatic N) is 1. The fourth-order valence-corrected chi connectivity index (χ4v) is 3.46. The molecule has 1 aliphatic heterocycles. The van der Waals surface area contributed by atoms with E-state index in [2.05, 4.69) is 26.2 Å². The van der Waals surface area contributed by atoms with Crippen molar-refractivity contribution in [2.45, 2.75) is 33.8 Å². The number of hydrogen-bond donors (Lipinski definition) is 1. The van der Waals surface area contributed by atoms with Gasteiger partial charge in [0.2, 0.25) is 5.91 Å². The molecule has 1 aromatic rings. The minimum absolute atomic E-state index is 0.000268. The molecule has 0 unspecified atom stereocenters. The van der Waals surface area contributed by atoms with E-state index in [0.29, 0.717) is 23.0 Å². The molecule has 8 heteroatoms. The van der Waals surface area contributed by atoms with E-state index in [1.807, 2.05) is 32.9 Å². The fraction of sp³-hybridized carbons (Fsp3) is 0.353. The average molecular weight is 427 g/mol. The molecule has 2 amide bonds. The summed E-state index contributed by atoms with van der Waals surface area (Å²) in [5, 5.41) is 2.80. The second kappa shape index (κ2) is 8.53. The first-order valence-corrected chi connectivity index (χ1v) is 9.34. The molecule has 0 bridgehead atoms. The topological polar surface area (TPSA) is 77.0 Å². The number of hydrogen-bond acceptors (Lipinski definition) is 5. The number of benzene rings is 1. The van der Waals surface area contributed by atoms with E-state index >= 15 is 0 Å². The Kier molecular flexibility index (Phi) is 6.66. The van der Waals surface area contributed by atoms with E-state index in [0.717, 1.165) is 21.8 Å². The van der Waals surface area contributed by atoms with Crippen LogP contribution >= 0.6 is 27.7 Å². The van der Waals surface area contributed by atoms with Gasteiger partial charge < -0.3 is 14.8 Å². The molecule has 0 radical (unpaired) electrons. The molecule has 0 aliphatic carbocycles. The predicted molar refractivity (Wildman–Crippen MR) is 103 cm³/mol. The second-order valence-corrected chi connectivity index (χ2v) is 7.33. The van der Waals surface area contributed by atoms with E-state index in [1.54, 1.807) is 6.08 Å². The number of thioether (sulfide) groups is 1. The maximum absolute atomic E-state index is 12.0. The molecule has 2 rings (SSSR count). The maximum atomic E-state index is 12.0. The monoisotopic (exact) mass is 426 g/mol. The van der Waals surface area contributed by atoms with E-state index in [9.17, 15) is 9.59 Å². The number of carbonyl (C=O) groups excluding carboxylic acids is 2. The van der Waals surface area contributed by atoms with Gasteiger partial charge in [-0.2, -0.15) is 4.99 Å². The van der Waals surface area contributed by atoms with Crippen molar-refractivity contribution in [3.8, 4) is 11.5 Å². The van der Waals surface area contributed by atoms with Gasteiger partial charge in [0.15, 0.2) is 16.7 Å². The van der Waals surface area contributed by atoms with Crippen LogP contribution in [0.25, 0.3) is 6.08 Å². The SMILES string of the molecule is CCOc1cc(/C=C2\SC(NC(C)=O)=NC2=O)cc(Br)c1OC(C)C. The molecule has 0 atom stereocenters. The zero-order valence-electron chi connectivity index (χ0n) is 14.4. The molecule has 0 fully saturated rings. The summed E-state index contributed by atoms with van der Waals surface area (Å²) >= 11 is 4.62. The van der Waals surface area contributed by atoms with Crippen LogP contribution in [0.1, 0.15) is 33.3 Å². The first-order chi connectivity index (χ1) is 11.8. The highest BCUT2D eigenvalue weighted by molar-refractivity contribution is 9.10. The van der Waals surface area contributed by atoms with Crippen LogP contribution in [0.4, 0.5) is 0 Å². The van der Waals surface area contributed by atoms with Crippen LogP contribution in [-0.4, -0.2) is 29.7 Å². The Labute approximate surface area is 159 Å². The summed E-state index contributed by atoms with van der Waals surface area (Å²) in [4.78, 5) is 27.3. The molecular weight excluding hydrogens is 408 g/mol. The molecule has 0 saturated heterocycles. The molecular formula is C17H19BrN2O4S. The van der Waals surface area contributed by atoms with E-state index < -0.39 is 0 Å². The van der Waals surface area contributed by atoms with Gasteiger partial charge in [-0.25, -0.2) is 0 Å². The van der Waals surface area contributed by atoms with Gasteiger partial charge in [-0.1, -0.05) is 0 Å². The average Bonchev–Trinajstić information content (AvgIpc) is 2.81. The highest BCUT2D eigenvalue weighted by Gasteiger charge is 2.23. The molecule has 25 heavy (non-hydrogen) atoms. The number of carbonyl (C=O) groups is 2. The van der Waals surface area contributed by atoms with Gasteiger partial charge in [-0.15, -0.1) is 0 Å². The largest absolute Gasteiger partial charge is 0.490 e. The summed E-state index contributed by atoms with van der Waals surface area (Å²) in [6.45, 7) is 7.63. The molecule has 1 aliphatic rings. The quantitative estimate of drug-likeness (QED) is 0.725. The lowest BCUT2D eigenvalue weighted by Gasteiger charge is -2.17. The Morgan fingerprint density at radius 1 is 1.44 bits per heavy atom. The smallest absolute Gasteiger partial charge is 0.286 e. The van der Waals surface area contributed by atoms with E-state index in [-0.39, 0.29) is 23.1 Å². The van der Waals surface area contributed by atoms with Crippen molar-refractivity contribution in [1.82, 2.24) is 5.32 Å². The summed E-state index contributed by atoms with van der Waals surface area (Å²) in [5.74, 6) is 0.567. The predicted octanol–water partition coefficient (Wildman–Crippen LogP) is 3.74. The number of amidine groups is 1. The summed E-state index contributed by atoms with van der Waals surface area (Å²) in [6, 6.07) is 3.65. The number of halogens is 1. The third-order valence-corrected chi connectivity index (χ3v) is 4.37. The van der Waals surface area contributed by atoms with Crippen LogP contribution in [0.15, 0.2) is 26.5 Å². The van der Waals surface area contributed by atoms with Crippen molar-refractivity contribution in [3.05, 3.63) is 27.1 Å². The Morgan fingerprint density at radius 2 is 2.16 bits per heavy atom. The molecule has 0 saturated carbocycles. The maximum Gasteiger partial charge on any atom is 0.286 e. The van der Waals surface area contributed by atoms with Crippen LogP contribution in [0.5, 0.6) is 11.5 Å². The van der Waals surface area contributed by atoms with E-state index in [4.69, 9.17) is 9.47 Å². The standard InChI is InChI=1S/C17H19BrN2O4S/c1-5-23-13-7-11(6-12(18)15(13)24-9(2)3)8-14-16(22)20-17(25-14)19-10(4)21/h6-9H,5H2,1-4H3,(H,19,20,21,22)/b14-8-. The lowest BCUT2D eigenvalue weighted by Crippen LogP contribution is -2.23. The minimum Gasteiger partial charge on any atom is -0.490 e. The van der Waals surface area contributed by atoms with Gasteiger partial charge in [0.05, 0.1) is 22.1 Å². The molecule has 0 aromatic heterocycles. The number of amides is 2. The van der Waals surface area contributed by atoms with Crippen LogP contribution < -0.4 is 14.8 Å². The molecule has 6 nitrogen and oxygen atoms in total. The van der Waals surface area contributed by atoms with Crippen molar-refractivity contribution in [2.75, 3.05) is 6.61 Å². The summed E-state index contributed by atoms with van der Waals surface area (Å²) < 4.78 is 12.2. The lowest BCUT2D eigenvalue weighted by atomic mass is 10.2. The van der Waals surface area contributed by atoms with Gasteiger partial charge >= 0.3 is 0 Å². The molecule has 1 N–H and O–H groups in total. The van der Waals surface area contributed by atoms with Crippen LogP contribution in [-0.2, 0) is 9.59 Å². The Morgan fingerprint density at radius 3 is 2.76 bits per heavy atom. The Hall–Kier alpha value is -1.80. The third kappa shape index (κ3) is 5.34. The Bertz CT molecular complexity index is 759. The normalized spacial score (nSPS) is 15.5. The van der Waals surface area contributed by atoms with Crippen molar-refractivity contribution in [3.63, 3.8) is 0 Å². The Balaban J connectivity index is 2.31. The number of aliphatic imine (C=N–C) groups is 1. The van der Waals surface area contributed by atoms with Crippen LogP contribution in [0, 0.1) is 0 Å². The summed E-state index contributed by atoms with van der Waals surface area (Å²) in [7, 11) is 0. The first kappa shape index (κ1) is 19.5. The van der Waals surface area contributed by atoms with E-state index in [1.165, 1.54) is 6.92 Å². The summed E-state index contributed by atoms with van der Waals surface area (Å²) in [5.41, 5.74) is 0.765. The lowest BCUT2D eigenvalue weighted by molar-refractivity contribution is -0.117. The highest BCUT2D eigenvalue weighted by atomic mass is 79.9. The second-order valence-electron chi connectivity index (χ2n) is 5.44. The van der Waals surface area contributed by atoms with Crippen molar-refractivity contribution in [2.24, 2.45) is 4.99 Å². The zero-order valence-corrected chi connectivity index (χ0v) is 16.8.